The first-order chi connectivity index (χ1) is 7.19. The molecule has 0 saturated heterocycles. The number of nitrogens with zero attached hydrogens (tertiary/aromatic N) is 2. The number of hydrogen-bond acceptors (Lipinski definition) is 4. The van der Waals surface area contributed by atoms with Crippen molar-refractivity contribution in [1.82, 2.24) is 10.3 Å². The summed E-state index contributed by atoms with van der Waals surface area (Å²) in [7, 11) is 1.86. The van der Waals surface area contributed by atoms with E-state index in [0.717, 1.165) is 12.0 Å². The van der Waals surface area contributed by atoms with Crippen molar-refractivity contribution in [3.63, 3.8) is 0 Å². The molecule has 1 N–H and O–H groups in total. The molecule has 0 bridgehead atoms. The maximum absolute atomic E-state index is 10.7. The lowest BCUT2D eigenvalue weighted by Gasteiger charge is -2.13. The maximum Gasteiger partial charge on any atom is 0.290 e. The van der Waals surface area contributed by atoms with Gasteiger partial charge in [-0.3, -0.25) is 15.1 Å². The number of pyridine rings is 1. The minimum atomic E-state index is -0.384. The number of nitrogens with one attached hydrogen (secondary N) is 1. The van der Waals surface area contributed by atoms with Crippen LogP contribution >= 0.6 is 0 Å². The first-order valence-electron chi connectivity index (χ1n) is 4.93. The largest absolute Gasteiger partial charge is 0.317 e. The number of hydrogen-bond donors (Lipinski definition) is 1. The molecule has 5 heteroatoms. The van der Waals surface area contributed by atoms with Crippen molar-refractivity contribution >= 4 is 5.69 Å². The molecule has 82 valence electrons. The number of aromatic nitrogens is 1. The molecule has 0 saturated carbocycles. The Morgan fingerprint density at radius 2 is 2.40 bits per heavy atom. The summed E-state index contributed by atoms with van der Waals surface area (Å²) < 4.78 is 0. The lowest BCUT2D eigenvalue weighted by atomic mass is 10.0. The van der Waals surface area contributed by atoms with Crippen LogP contribution in [0.25, 0.3) is 0 Å². The van der Waals surface area contributed by atoms with E-state index in [1.54, 1.807) is 12.3 Å². The maximum atomic E-state index is 10.7. The minimum Gasteiger partial charge on any atom is -0.317 e. The Morgan fingerprint density at radius 3 is 2.93 bits per heavy atom. The van der Waals surface area contributed by atoms with Crippen molar-refractivity contribution in [2.75, 3.05) is 7.05 Å². The molecule has 1 heterocycles. The highest BCUT2D eigenvalue weighted by molar-refractivity contribution is 5.37. The van der Waals surface area contributed by atoms with Crippen LogP contribution in [0.15, 0.2) is 18.5 Å². The molecule has 1 rings (SSSR count). The van der Waals surface area contributed by atoms with Crippen LogP contribution in [0.5, 0.6) is 0 Å². The fraction of sp³-hybridized carbons (Fsp3) is 0.500. The van der Waals surface area contributed by atoms with E-state index in [0.29, 0.717) is 6.42 Å². The third-order valence-corrected chi connectivity index (χ3v) is 2.45. The molecule has 1 aromatic heterocycles. The Kier molecular flexibility index (Phi) is 4.17. The molecule has 1 atom stereocenters. The lowest BCUT2D eigenvalue weighted by Crippen LogP contribution is -2.26. The molecule has 0 amide bonds. The molecule has 0 aromatic carbocycles. The second-order valence-electron chi connectivity index (χ2n) is 3.36. The van der Waals surface area contributed by atoms with Crippen LogP contribution in [-0.4, -0.2) is 23.0 Å². The fourth-order valence-electron chi connectivity index (χ4n) is 1.47. The Morgan fingerprint density at radius 1 is 1.67 bits per heavy atom. The normalized spacial score (nSPS) is 12.4. The highest BCUT2D eigenvalue weighted by Gasteiger charge is 2.15. The Bertz CT molecular complexity index is 337. The zero-order valence-electron chi connectivity index (χ0n) is 8.93. The zero-order chi connectivity index (χ0) is 11.3. The Labute approximate surface area is 88.7 Å². The number of rotatable bonds is 5. The fourth-order valence-corrected chi connectivity index (χ4v) is 1.47. The summed E-state index contributed by atoms with van der Waals surface area (Å²) in [6.45, 7) is 2.05. The van der Waals surface area contributed by atoms with Gasteiger partial charge >= 0.3 is 0 Å². The van der Waals surface area contributed by atoms with E-state index in [-0.39, 0.29) is 16.7 Å². The van der Waals surface area contributed by atoms with Crippen LogP contribution in [0.3, 0.4) is 0 Å². The van der Waals surface area contributed by atoms with Crippen LogP contribution in [0, 0.1) is 10.1 Å². The van der Waals surface area contributed by atoms with E-state index in [1.807, 2.05) is 14.0 Å². The molecule has 0 fully saturated rings. The van der Waals surface area contributed by atoms with Gasteiger partial charge in [-0.25, -0.2) is 0 Å². The molecule has 0 radical (unpaired) electrons. The summed E-state index contributed by atoms with van der Waals surface area (Å²) in [5.74, 6) is 0. The quantitative estimate of drug-likeness (QED) is 0.589. The van der Waals surface area contributed by atoms with Gasteiger partial charge in [0.2, 0.25) is 0 Å². The zero-order valence-corrected chi connectivity index (χ0v) is 8.93. The number of nitro groups is 1. The van der Waals surface area contributed by atoms with Gasteiger partial charge in [-0.1, -0.05) is 6.92 Å². The Hall–Kier alpha value is -1.49. The van der Waals surface area contributed by atoms with E-state index >= 15 is 0 Å². The third-order valence-electron chi connectivity index (χ3n) is 2.45. The van der Waals surface area contributed by atoms with E-state index in [2.05, 4.69) is 10.3 Å². The van der Waals surface area contributed by atoms with Crippen LogP contribution < -0.4 is 5.32 Å². The Balaban J connectivity index is 2.88. The molecule has 1 unspecified atom stereocenters. The predicted octanol–water partition coefficient (Wildman–Crippen LogP) is 1.53. The van der Waals surface area contributed by atoms with E-state index in [4.69, 9.17) is 0 Å². The van der Waals surface area contributed by atoms with Gasteiger partial charge in [-0.2, -0.15) is 0 Å². The second kappa shape index (κ2) is 5.41. The van der Waals surface area contributed by atoms with Gasteiger partial charge in [-0.05, 0) is 26.0 Å². The standard InChI is InChI=1S/C10H15N3O2/c1-3-9(11-2)6-8-4-5-12-7-10(8)13(14)15/h4-5,7,9,11H,3,6H2,1-2H3. The van der Waals surface area contributed by atoms with Gasteiger partial charge in [0.25, 0.3) is 5.69 Å². The molecule has 0 aliphatic rings. The van der Waals surface area contributed by atoms with Crippen molar-refractivity contribution in [3.05, 3.63) is 34.1 Å². The third kappa shape index (κ3) is 2.99. The topological polar surface area (TPSA) is 68.1 Å². The van der Waals surface area contributed by atoms with Gasteiger partial charge < -0.3 is 5.32 Å². The van der Waals surface area contributed by atoms with Gasteiger partial charge in [0.15, 0.2) is 0 Å². The summed E-state index contributed by atoms with van der Waals surface area (Å²) in [4.78, 5) is 14.1. The van der Waals surface area contributed by atoms with Gasteiger partial charge in [-0.15, -0.1) is 0 Å². The molecule has 0 spiro atoms. The van der Waals surface area contributed by atoms with Crippen molar-refractivity contribution in [2.24, 2.45) is 0 Å². The van der Waals surface area contributed by atoms with Crippen LogP contribution in [0.4, 0.5) is 5.69 Å². The predicted molar refractivity (Wildman–Crippen MR) is 57.7 cm³/mol. The van der Waals surface area contributed by atoms with Crippen LogP contribution in [0.2, 0.25) is 0 Å². The highest BCUT2D eigenvalue weighted by atomic mass is 16.6. The van der Waals surface area contributed by atoms with Crippen molar-refractivity contribution < 1.29 is 4.92 Å². The molecule has 0 aliphatic carbocycles. The van der Waals surface area contributed by atoms with Crippen molar-refractivity contribution in [3.8, 4) is 0 Å². The summed E-state index contributed by atoms with van der Waals surface area (Å²) in [5, 5.41) is 13.8. The first kappa shape index (κ1) is 11.6. The summed E-state index contributed by atoms with van der Waals surface area (Å²) in [5.41, 5.74) is 0.836. The smallest absolute Gasteiger partial charge is 0.290 e. The van der Waals surface area contributed by atoms with Gasteiger partial charge in [0.1, 0.15) is 6.20 Å². The van der Waals surface area contributed by atoms with Crippen LogP contribution in [-0.2, 0) is 6.42 Å². The molecular formula is C10H15N3O2. The highest BCUT2D eigenvalue weighted by Crippen LogP contribution is 2.18. The SMILES string of the molecule is CCC(Cc1ccncc1[N+](=O)[O-])NC. The molecule has 5 nitrogen and oxygen atoms in total. The van der Waals surface area contributed by atoms with E-state index in [9.17, 15) is 10.1 Å². The van der Waals surface area contributed by atoms with Gasteiger partial charge in [0, 0.05) is 17.8 Å². The van der Waals surface area contributed by atoms with Gasteiger partial charge in [0.05, 0.1) is 4.92 Å². The number of likely N-dealkylation sites (N-methyl/N-ethyl adjacent to an activating group) is 1. The summed E-state index contributed by atoms with van der Waals surface area (Å²) in [6.07, 6.45) is 4.49. The molecular weight excluding hydrogens is 194 g/mol. The summed E-state index contributed by atoms with van der Waals surface area (Å²) >= 11 is 0. The molecule has 15 heavy (non-hydrogen) atoms. The first-order valence-corrected chi connectivity index (χ1v) is 4.93. The molecule has 1 aromatic rings. The average molecular weight is 209 g/mol. The van der Waals surface area contributed by atoms with E-state index in [1.165, 1.54) is 6.20 Å². The average Bonchev–Trinajstić information content (AvgIpc) is 2.26. The monoisotopic (exact) mass is 209 g/mol. The summed E-state index contributed by atoms with van der Waals surface area (Å²) in [6, 6.07) is 1.98. The van der Waals surface area contributed by atoms with Crippen LogP contribution in [0.1, 0.15) is 18.9 Å². The lowest BCUT2D eigenvalue weighted by molar-refractivity contribution is -0.385. The molecule has 0 aliphatic heterocycles. The second-order valence-corrected chi connectivity index (χ2v) is 3.36. The van der Waals surface area contributed by atoms with E-state index < -0.39 is 0 Å². The van der Waals surface area contributed by atoms with Crippen molar-refractivity contribution in [2.45, 2.75) is 25.8 Å². The van der Waals surface area contributed by atoms with Crippen molar-refractivity contribution in [1.29, 1.82) is 0 Å². The minimum absolute atomic E-state index is 0.103.